The van der Waals surface area contributed by atoms with Crippen LogP contribution in [0.25, 0.3) is 6.08 Å². The molecule has 3 aromatic rings. The number of ether oxygens (including phenoxy) is 1. The predicted molar refractivity (Wildman–Crippen MR) is 102 cm³/mol. The Morgan fingerprint density at radius 1 is 0.926 bits per heavy atom. The molecule has 0 fully saturated rings. The van der Waals surface area contributed by atoms with Crippen LogP contribution in [0.2, 0.25) is 0 Å². The fraction of sp³-hybridized carbons (Fsp3) is 0.0455. The third-order valence-corrected chi connectivity index (χ3v) is 4.43. The highest BCUT2D eigenvalue weighted by molar-refractivity contribution is 6.14. The van der Waals surface area contributed by atoms with Gasteiger partial charge in [0.25, 0.3) is 5.69 Å². The lowest BCUT2D eigenvalue weighted by Gasteiger charge is -2.28. The molecule has 4 rings (SSSR count). The summed E-state index contributed by atoms with van der Waals surface area (Å²) in [5, 5.41) is 11.1. The van der Waals surface area contributed by atoms with Gasteiger partial charge in [0.05, 0.1) is 10.5 Å². The Hall–Kier alpha value is -3.73. The van der Waals surface area contributed by atoms with Crippen molar-refractivity contribution < 1.29 is 14.5 Å². The first-order valence-corrected chi connectivity index (χ1v) is 8.45. The lowest BCUT2D eigenvalue weighted by atomic mass is 9.89. The number of nitrogens with zero attached hydrogens (tertiary/aromatic N) is 1. The first kappa shape index (κ1) is 16.7. The van der Waals surface area contributed by atoms with E-state index in [0.29, 0.717) is 22.4 Å². The normalized spacial score (nSPS) is 17.3. The number of benzene rings is 3. The summed E-state index contributed by atoms with van der Waals surface area (Å²) in [5.41, 5.74) is 2.33. The van der Waals surface area contributed by atoms with Gasteiger partial charge >= 0.3 is 0 Å². The smallest absolute Gasteiger partial charge is 0.270 e. The van der Waals surface area contributed by atoms with Crippen molar-refractivity contribution in [1.82, 2.24) is 0 Å². The average Bonchev–Trinajstić information content (AvgIpc) is 2.71. The molecule has 1 aliphatic rings. The van der Waals surface area contributed by atoms with Crippen LogP contribution in [0.1, 0.15) is 27.6 Å². The number of carbonyl (C=O) groups is 1. The molecule has 1 atom stereocenters. The molecule has 1 unspecified atom stereocenters. The van der Waals surface area contributed by atoms with Gasteiger partial charge in [0.2, 0.25) is 0 Å². The van der Waals surface area contributed by atoms with E-state index in [-0.39, 0.29) is 11.5 Å². The molecule has 0 radical (unpaired) electrons. The average molecular weight is 357 g/mol. The molecule has 5 nitrogen and oxygen atoms in total. The van der Waals surface area contributed by atoms with E-state index >= 15 is 0 Å². The number of rotatable bonds is 3. The van der Waals surface area contributed by atoms with Crippen molar-refractivity contribution in [2.45, 2.75) is 6.10 Å². The number of non-ortho nitro benzene ring substituents is 1. The Bertz CT molecular complexity index is 1060. The van der Waals surface area contributed by atoms with Crippen molar-refractivity contribution in [3.8, 4) is 5.75 Å². The number of nitro groups is 1. The van der Waals surface area contributed by atoms with E-state index in [4.69, 9.17) is 4.74 Å². The molecule has 0 saturated carbocycles. The Morgan fingerprint density at radius 2 is 1.67 bits per heavy atom. The minimum Gasteiger partial charge on any atom is -0.480 e. The molecule has 0 spiro atoms. The van der Waals surface area contributed by atoms with E-state index < -0.39 is 11.0 Å². The quantitative estimate of drug-likeness (QED) is 0.376. The monoisotopic (exact) mass is 357 g/mol. The molecular formula is C22H15NO4. The number of hydrogen-bond donors (Lipinski definition) is 0. The van der Waals surface area contributed by atoms with Crippen molar-refractivity contribution in [2.24, 2.45) is 0 Å². The predicted octanol–water partition coefficient (Wildman–Crippen LogP) is 4.99. The van der Waals surface area contributed by atoms with Crippen LogP contribution in [-0.4, -0.2) is 10.7 Å². The molecule has 1 heterocycles. The maximum absolute atomic E-state index is 13.1. The Balaban J connectivity index is 1.85. The molecular weight excluding hydrogens is 342 g/mol. The number of nitro benzene ring substituents is 1. The number of para-hydroxylation sites is 1. The number of Topliss-reactive ketones (excluding diaryl/α,β-unsaturated/α-hetero) is 1. The topological polar surface area (TPSA) is 69.4 Å². The summed E-state index contributed by atoms with van der Waals surface area (Å²) >= 11 is 0. The van der Waals surface area contributed by atoms with Gasteiger partial charge in [0, 0.05) is 17.7 Å². The summed E-state index contributed by atoms with van der Waals surface area (Å²) in [6, 6.07) is 22.8. The van der Waals surface area contributed by atoms with E-state index in [1.807, 2.05) is 36.4 Å². The molecule has 0 aromatic heterocycles. The second-order valence-electron chi connectivity index (χ2n) is 6.19. The summed E-state index contributed by atoms with van der Waals surface area (Å²) in [6.45, 7) is 0. The third kappa shape index (κ3) is 3.22. The molecule has 0 aliphatic carbocycles. The molecule has 27 heavy (non-hydrogen) atoms. The van der Waals surface area contributed by atoms with E-state index in [1.165, 1.54) is 12.1 Å². The minimum absolute atomic E-state index is 0.0230. The highest BCUT2D eigenvalue weighted by Gasteiger charge is 2.32. The fourth-order valence-corrected chi connectivity index (χ4v) is 3.15. The number of carbonyl (C=O) groups excluding carboxylic acids is 1. The first-order chi connectivity index (χ1) is 13.1. The Kier molecular flexibility index (Phi) is 4.26. The van der Waals surface area contributed by atoms with Gasteiger partial charge in [0.15, 0.2) is 11.9 Å². The zero-order chi connectivity index (χ0) is 18.8. The second-order valence-corrected chi connectivity index (χ2v) is 6.19. The van der Waals surface area contributed by atoms with Gasteiger partial charge in [-0.25, -0.2) is 0 Å². The molecule has 0 bridgehead atoms. The molecule has 0 saturated heterocycles. The van der Waals surface area contributed by atoms with E-state index in [0.717, 1.165) is 5.56 Å². The van der Waals surface area contributed by atoms with E-state index in [1.54, 1.807) is 36.4 Å². The molecule has 5 heteroatoms. The van der Waals surface area contributed by atoms with E-state index in [2.05, 4.69) is 0 Å². The van der Waals surface area contributed by atoms with Gasteiger partial charge in [-0.2, -0.15) is 0 Å². The highest BCUT2D eigenvalue weighted by Crippen LogP contribution is 2.39. The Labute approximate surface area is 155 Å². The first-order valence-electron chi connectivity index (χ1n) is 8.45. The number of fused-ring (bicyclic) bond motifs is 1. The minimum atomic E-state index is -0.576. The molecule has 132 valence electrons. The summed E-state index contributed by atoms with van der Waals surface area (Å²) in [6.07, 6.45) is 1.09. The summed E-state index contributed by atoms with van der Waals surface area (Å²) in [7, 11) is 0. The van der Waals surface area contributed by atoms with Crippen molar-refractivity contribution in [3.63, 3.8) is 0 Å². The zero-order valence-electron chi connectivity index (χ0n) is 14.2. The van der Waals surface area contributed by atoms with Gasteiger partial charge in [-0.15, -0.1) is 0 Å². The standard InChI is InChI=1S/C22H15NO4/c24-21-18-11-4-5-12-20(18)27-22(16-8-2-1-3-9-16)19(21)14-15-7-6-10-17(13-15)23(25)26/h1-14,22H/b19-14-. The summed E-state index contributed by atoms with van der Waals surface area (Å²) in [4.78, 5) is 23.7. The van der Waals surface area contributed by atoms with Crippen LogP contribution in [0.15, 0.2) is 84.4 Å². The van der Waals surface area contributed by atoms with E-state index in [9.17, 15) is 14.9 Å². The molecule has 0 N–H and O–H groups in total. The van der Waals surface area contributed by atoms with Crippen molar-refractivity contribution >= 4 is 17.5 Å². The molecule has 3 aromatic carbocycles. The van der Waals surface area contributed by atoms with Gasteiger partial charge in [-0.1, -0.05) is 54.6 Å². The van der Waals surface area contributed by atoms with Crippen LogP contribution >= 0.6 is 0 Å². The summed E-state index contributed by atoms with van der Waals surface area (Å²) < 4.78 is 6.13. The third-order valence-electron chi connectivity index (χ3n) is 4.43. The summed E-state index contributed by atoms with van der Waals surface area (Å²) in [5.74, 6) is 0.393. The highest BCUT2D eigenvalue weighted by atomic mass is 16.6. The van der Waals surface area contributed by atoms with Crippen LogP contribution in [0.3, 0.4) is 0 Å². The van der Waals surface area contributed by atoms with Crippen LogP contribution in [-0.2, 0) is 0 Å². The van der Waals surface area contributed by atoms with Gasteiger partial charge in [-0.3, -0.25) is 14.9 Å². The Morgan fingerprint density at radius 3 is 2.44 bits per heavy atom. The van der Waals surface area contributed by atoms with Crippen LogP contribution < -0.4 is 4.74 Å². The molecule has 0 amide bonds. The second kappa shape index (κ2) is 6.88. The lowest BCUT2D eigenvalue weighted by Crippen LogP contribution is -2.23. The fourth-order valence-electron chi connectivity index (χ4n) is 3.15. The maximum Gasteiger partial charge on any atom is 0.270 e. The van der Waals surface area contributed by atoms with Crippen LogP contribution in [0.5, 0.6) is 5.75 Å². The SMILES string of the molecule is O=C1/C(=C/c2cccc([N+](=O)[O-])c2)C(c2ccccc2)Oc2ccccc21. The van der Waals surface area contributed by atoms with Crippen LogP contribution in [0.4, 0.5) is 5.69 Å². The number of hydrogen-bond acceptors (Lipinski definition) is 4. The molecule has 1 aliphatic heterocycles. The van der Waals surface area contributed by atoms with Crippen molar-refractivity contribution in [1.29, 1.82) is 0 Å². The largest absolute Gasteiger partial charge is 0.480 e. The lowest BCUT2D eigenvalue weighted by molar-refractivity contribution is -0.384. The maximum atomic E-state index is 13.1. The van der Waals surface area contributed by atoms with Gasteiger partial charge in [-0.05, 0) is 29.3 Å². The van der Waals surface area contributed by atoms with Gasteiger partial charge in [0.1, 0.15) is 5.75 Å². The van der Waals surface area contributed by atoms with Crippen LogP contribution in [0, 0.1) is 10.1 Å². The van der Waals surface area contributed by atoms with Crippen molar-refractivity contribution in [2.75, 3.05) is 0 Å². The van der Waals surface area contributed by atoms with Crippen molar-refractivity contribution in [3.05, 3.63) is 111 Å². The van der Waals surface area contributed by atoms with Gasteiger partial charge < -0.3 is 4.74 Å². The number of ketones is 1. The zero-order valence-corrected chi connectivity index (χ0v) is 14.2.